The monoisotopic (exact) mass is 393 g/mol. The summed E-state index contributed by atoms with van der Waals surface area (Å²) in [5.41, 5.74) is -0.104. The van der Waals surface area contributed by atoms with Gasteiger partial charge in [-0.2, -0.15) is 0 Å². The van der Waals surface area contributed by atoms with Crippen molar-refractivity contribution in [2.75, 3.05) is 18.5 Å². The molecule has 27 heavy (non-hydrogen) atoms. The van der Waals surface area contributed by atoms with E-state index in [9.17, 15) is 19.7 Å². The number of non-ortho nitro benzene ring substituents is 1. The van der Waals surface area contributed by atoms with Gasteiger partial charge < -0.3 is 20.5 Å². The molecule has 144 valence electrons. The molecule has 1 aromatic carbocycles. The highest BCUT2D eigenvalue weighted by Crippen LogP contribution is 2.23. The van der Waals surface area contributed by atoms with Crippen LogP contribution in [0.15, 0.2) is 35.7 Å². The van der Waals surface area contributed by atoms with Gasteiger partial charge in [0, 0.05) is 29.2 Å². The summed E-state index contributed by atoms with van der Waals surface area (Å²) in [6.45, 7) is 1.69. The van der Waals surface area contributed by atoms with Gasteiger partial charge in [-0.15, -0.1) is 11.3 Å². The number of thiophene rings is 1. The van der Waals surface area contributed by atoms with Gasteiger partial charge in [-0.3, -0.25) is 14.9 Å². The molecule has 1 aromatic heterocycles. The molecule has 0 radical (unpaired) electrons. The third-order valence-electron chi connectivity index (χ3n) is 3.53. The molecule has 1 heterocycles. The van der Waals surface area contributed by atoms with E-state index in [0.29, 0.717) is 6.54 Å². The number of nitrogens with one attached hydrogen (secondary N) is 2. The first-order valence-corrected chi connectivity index (χ1v) is 8.94. The lowest BCUT2D eigenvalue weighted by atomic mass is 10.1. The minimum Gasteiger partial charge on any atom is -0.449 e. The summed E-state index contributed by atoms with van der Waals surface area (Å²) >= 11 is 1.49. The van der Waals surface area contributed by atoms with Crippen molar-refractivity contribution in [1.82, 2.24) is 5.32 Å². The smallest absolute Gasteiger partial charge is 0.341 e. The fourth-order valence-electron chi connectivity index (χ4n) is 2.17. The molecule has 9 nitrogen and oxygen atoms in total. The quantitative estimate of drug-likeness (QED) is 0.337. The van der Waals surface area contributed by atoms with E-state index in [4.69, 9.17) is 9.84 Å². The number of carbonyl (C=O) groups is 2. The molecule has 0 saturated carbocycles. The van der Waals surface area contributed by atoms with Gasteiger partial charge in [0.05, 0.1) is 23.6 Å². The Morgan fingerprint density at radius 3 is 2.78 bits per heavy atom. The first kappa shape index (κ1) is 20.3. The van der Waals surface area contributed by atoms with Crippen LogP contribution in [0.1, 0.15) is 22.2 Å². The molecule has 2 aromatic rings. The third-order valence-corrected chi connectivity index (χ3v) is 4.41. The Hall–Kier alpha value is -2.98. The highest BCUT2D eigenvalue weighted by molar-refractivity contribution is 7.09. The Morgan fingerprint density at radius 1 is 1.37 bits per heavy atom. The van der Waals surface area contributed by atoms with Gasteiger partial charge in [-0.1, -0.05) is 6.07 Å². The summed E-state index contributed by atoms with van der Waals surface area (Å²) in [7, 11) is 0. The Morgan fingerprint density at radius 2 is 2.15 bits per heavy atom. The second kappa shape index (κ2) is 9.64. The number of carbonyl (C=O) groups excluding carboxylic acids is 2. The van der Waals surface area contributed by atoms with Crippen molar-refractivity contribution in [3.05, 3.63) is 56.3 Å². The Bertz CT molecular complexity index is 809. The van der Waals surface area contributed by atoms with Crippen LogP contribution in [0.5, 0.6) is 0 Å². The molecule has 0 unspecified atom stereocenters. The van der Waals surface area contributed by atoms with Crippen LogP contribution in [-0.2, 0) is 16.1 Å². The second-order valence-corrected chi connectivity index (χ2v) is 6.51. The number of nitrogens with zero attached hydrogens (tertiary/aromatic N) is 1. The number of rotatable bonds is 9. The van der Waals surface area contributed by atoms with E-state index in [1.165, 1.54) is 30.4 Å². The van der Waals surface area contributed by atoms with Crippen molar-refractivity contribution < 1.29 is 24.4 Å². The van der Waals surface area contributed by atoms with Crippen molar-refractivity contribution in [1.29, 1.82) is 0 Å². The van der Waals surface area contributed by atoms with Crippen LogP contribution in [0.4, 0.5) is 11.4 Å². The average Bonchev–Trinajstić information content (AvgIpc) is 3.17. The van der Waals surface area contributed by atoms with E-state index in [1.807, 2.05) is 17.5 Å². The summed E-state index contributed by atoms with van der Waals surface area (Å²) in [5, 5.41) is 27.2. The predicted molar refractivity (Wildman–Crippen MR) is 99.7 cm³/mol. The number of anilines is 1. The molecule has 1 atom stereocenters. The summed E-state index contributed by atoms with van der Waals surface area (Å²) < 4.78 is 5.15. The zero-order chi connectivity index (χ0) is 19.8. The highest BCUT2D eigenvalue weighted by Gasteiger charge is 2.23. The van der Waals surface area contributed by atoms with Gasteiger partial charge in [0.15, 0.2) is 6.10 Å². The number of hydrogen-bond donors (Lipinski definition) is 3. The third kappa shape index (κ3) is 5.76. The zero-order valence-electron chi connectivity index (χ0n) is 14.5. The number of amides is 1. The van der Waals surface area contributed by atoms with Gasteiger partial charge >= 0.3 is 5.97 Å². The number of benzene rings is 1. The SMILES string of the molecule is C[C@@H](OC(=O)c1cc([N+](=O)[O-])ccc1NCCO)C(=O)NCc1cccs1. The Labute approximate surface area is 159 Å². The number of aliphatic hydroxyl groups is 1. The molecule has 2 rings (SSSR count). The lowest BCUT2D eigenvalue weighted by Gasteiger charge is -2.15. The fraction of sp³-hybridized carbons (Fsp3) is 0.294. The van der Waals surface area contributed by atoms with Crippen LogP contribution in [0.2, 0.25) is 0 Å². The molecular weight excluding hydrogens is 374 g/mol. The number of hydrogen-bond acceptors (Lipinski definition) is 8. The first-order valence-electron chi connectivity index (χ1n) is 8.06. The van der Waals surface area contributed by atoms with Crippen molar-refractivity contribution in [3.63, 3.8) is 0 Å². The van der Waals surface area contributed by atoms with E-state index < -0.39 is 22.9 Å². The molecule has 0 saturated heterocycles. The molecule has 0 aliphatic rings. The molecule has 10 heteroatoms. The highest BCUT2D eigenvalue weighted by atomic mass is 32.1. The van der Waals surface area contributed by atoms with Crippen molar-refractivity contribution in [2.45, 2.75) is 19.6 Å². The van der Waals surface area contributed by atoms with Crippen LogP contribution in [0, 0.1) is 10.1 Å². The fourth-order valence-corrected chi connectivity index (χ4v) is 2.81. The van der Waals surface area contributed by atoms with E-state index in [2.05, 4.69) is 10.6 Å². The van der Waals surface area contributed by atoms with E-state index in [-0.39, 0.29) is 30.1 Å². The maximum Gasteiger partial charge on any atom is 0.341 e. The van der Waals surface area contributed by atoms with Gasteiger partial charge in [-0.25, -0.2) is 4.79 Å². The van der Waals surface area contributed by atoms with Gasteiger partial charge in [0.2, 0.25) is 0 Å². The number of nitro benzene ring substituents is 1. The average molecular weight is 393 g/mol. The van der Waals surface area contributed by atoms with Crippen LogP contribution in [-0.4, -0.2) is 41.2 Å². The second-order valence-electron chi connectivity index (χ2n) is 5.48. The topological polar surface area (TPSA) is 131 Å². The largest absolute Gasteiger partial charge is 0.449 e. The van der Waals surface area contributed by atoms with E-state index in [1.54, 1.807) is 0 Å². The van der Waals surface area contributed by atoms with Crippen molar-refractivity contribution in [3.8, 4) is 0 Å². The summed E-state index contributed by atoms with van der Waals surface area (Å²) in [5.74, 6) is -1.36. The lowest BCUT2D eigenvalue weighted by Crippen LogP contribution is -2.35. The van der Waals surface area contributed by atoms with Crippen LogP contribution < -0.4 is 10.6 Å². The van der Waals surface area contributed by atoms with Crippen LogP contribution in [0.25, 0.3) is 0 Å². The summed E-state index contributed by atoms with van der Waals surface area (Å²) in [4.78, 5) is 35.8. The number of ether oxygens (including phenoxy) is 1. The Kier molecular flexibility index (Phi) is 7.26. The van der Waals surface area contributed by atoms with Gasteiger partial charge in [0.1, 0.15) is 0 Å². The normalized spacial score (nSPS) is 11.5. The van der Waals surface area contributed by atoms with Gasteiger partial charge in [0.25, 0.3) is 11.6 Å². The standard InChI is InChI=1S/C17H19N3O6S/c1-11(16(22)19-10-13-3-2-8-27-13)26-17(23)14-9-12(20(24)25)4-5-15(14)18-6-7-21/h2-5,8-9,11,18,21H,6-7,10H2,1H3,(H,19,22)/t11-/m1/s1. The zero-order valence-corrected chi connectivity index (χ0v) is 15.3. The number of esters is 1. The van der Waals surface area contributed by atoms with Crippen molar-refractivity contribution >= 4 is 34.6 Å². The van der Waals surface area contributed by atoms with Crippen LogP contribution >= 0.6 is 11.3 Å². The van der Waals surface area contributed by atoms with E-state index >= 15 is 0 Å². The molecular formula is C17H19N3O6S. The lowest BCUT2D eigenvalue weighted by molar-refractivity contribution is -0.384. The van der Waals surface area contributed by atoms with Crippen molar-refractivity contribution in [2.24, 2.45) is 0 Å². The maximum atomic E-state index is 12.4. The number of aliphatic hydroxyl groups excluding tert-OH is 1. The molecule has 0 aliphatic carbocycles. The molecule has 1 amide bonds. The molecule has 0 bridgehead atoms. The first-order chi connectivity index (χ1) is 12.9. The molecule has 0 fully saturated rings. The van der Waals surface area contributed by atoms with E-state index in [0.717, 1.165) is 10.9 Å². The predicted octanol–water partition coefficient (Wildman–Crippen LogP) is 1.92. The Balaban J connectivity index is 2.06. The summed E-state index contributed by atoms with van der Waals surface area (Å²) in [6, 6.07) is 7.38. The minimum atomic E-state index is -1.08. The molecule has 0 aliphatic heterocycles. The summed E-state index contributed by atoms with van der Waals surface area (Å²) in [6.07, 6.45) is -1.08. The maximum absolute atomic E-state index is 12.4. The van der Waals surface area contributed by atoms with Gasteiger partial charge in [-0.05, 0) is 24.4 Å². The minimum absolute atomic E-state index is 0.0874. The number of nitro groups is 1. The van der Waals surface area contributed by atoms with Crippen LogP contribution in [0.3, 0.4) is 0 Å². The molecule has 0 spiro atoms. The molecule has 3 N–H and O–H groups in total.